The zero-order chi connectivity index (χ0) is 21.3. The molecule has 0 aliphatic heterocycles. The van der Waals surface area contributed by atoms with E-state index >= 15 is 0 Å². The molecule has 1 aliphatic rings. The number of halogens is 1. The van der Waals surface area contributed by atoms with Gasteiger partial charge in [-0.05, 0) is 36.5 Å². The summed E-state index contributed by atoms with van der Waals surface area (Å²) in [6.45, 7) is 7.05. The summed E-state index contributed by atoms with van der Waals surface area (Å²) in [7, 11) is 0. The Balaban J connectivity index is 1.53. The van der Waals surface area contributed by atoms with Gasteiger partial charge >= 0.3 is 0 Å². The van der Waals surface area contributed by atoms with Crippen molar-refractivity contribution in [3.8, 4) is 5.69 Å². The van der Waals surface area contributed by atoms with Gasteiger partial charge in [0.25, 0.3) is 0 Å². The number of carbonyl (C=O) groups is 1. The van der Waals surface area contributed by atoms with Crippen molar-refractivity contribution in [2.75, 3.05) is 0 Å². The molecule has 7 heteroatoms. The van der Waals surface area contributed by atoms with Crippen LogP contribution in [0.15, 0.2) is 42.9 Å². The lowest BCUT2D eigenvalue weighted by Gasteiger charge is -2.36. The number of hydrogen-bond acceptors (Lipinski definition) is 3. The topological polar surface area (TPSA) is 64.7 Å². The Bertz CT molecular complexity index is 1050. The molecule has 0 spiro atoms. The first-order valence-electron chi connectivity index (χ1n) is 10.5. The van der Waals surface area contributed by atoms with Gasteiger partial charge in [-0.1, -0.05) is 26.8 Å². The van der Waals surface area contributed by atoms with Gasteiger partial charge in [-0.25, -0.2) is 14.1 Å². The number of rotatable bonds is 6. The minimum atomic E-state index is -0.289. The van der Waals surface area contributed by atoms with E-state index in [1.807, 2.05) is 23.0 Å². The molecule has 1 amide bonds. The van der Waals surface area contributed by atoms with Crippen LogP contribution >= 0.6 is 0 Å². The van der Waals surface area contributed by atoms with Crippen LogP contribution in [0.3, 0.4) is 0 Å². The Morgan fingerprint density at radius 2 is 2.20 bits per heavy atom. The Labute approximate surface area is 176 Å². The number of amides is 1. The van der Waals surface area contributed by atoms with Gasteiger partial charge < -0.3 is 9.88 Å². The minimum absolute atomic E-state index is 0.00418. The van der Waals surface area contributed by atoms with E-state index in [9.17, 15) is 9.18 Å². The maximum atomic E-state index is 13.7. The quantitative estimate of drug-likeness (QED) is 0.670. The van der Waals surface area contributed by atoms with Gasteiger partial charge in [-0.2, -0.15) is 5.10 Å². The summed E-state index contributed by atoms with van der Waals surface area (Å²) in [5.41, 5.74) is 2.75. The van der Waals surface area contributed by atoms with Crippen LogP contribution in [0.25, 0.3) is 5.69 Å². The third kappa shape index (κ3) is 4.15. The molecule has 0 radical (unpaired) electrons. The lowest BCUT2D eigenvalue weighted by molar-refractivity contribution is -0.122. The second-order valence-electron chi connectivity index (χ2n) is 8.74. The Morgan fingerprint density at radius 1 is 1.37 bits per heavy atom. The molecule has 4 rings (SSSR count). The molecular formula is C23H28FN5O. The summed E-state index contributed by atoms with van der Waals surface area (Å²) in [6, 6.07) is 6.34. The molecule has 0 fully saturated rings. The summed E-state index contributed by atoms with van der Waals surface area (Å²) >= 11 is 0. The highest BCUT2D eigenvalue weighted by atomic mass is 19.1. The standard InChI is InChI=1S/C23H28FN5O/c1-4-21-25-9-11-28(21)10-8-22(30)27-19-13-23(2,3)14-20-18(19)15-26-29(20)17-7-5-6-16(24)12-17/h5-7,9,11-12,15,19H,4,8,10,13-14H2,1-3H3,(H,27,30)/t19-/m0/s1. The molecule has 158 valence electrons. The fourth-order valence-corrected chi connectivity index (χ4v) is 4.35. The Kier molecular flexibility index (Phi) is 5.45. The molecule has 2 heterocycles. The molecule has 0 unspecified atom stereocenters. The monoisotopic (exact) mass is 409 g/mol. The number of nitrogens with zero attached hydrogens (tertiary/aromatic N) is 4. The van der Waals surface area contributed by atoms with Gasteiger partial charge in [0.05, 0.1) is 23.6 Å². The summed E-state index contributed by atoms with van der Waals surface area (Å²) in [5.74, 6) is 0.709. The number of aromatic nitrogens is 4. The largest absolute Gasteiger partial charge is 0.349 e. The van der Waals surface area contributed by atoms with E-state index in [0.717, 1.165) is 36.3 Å². The second kappa shape index (κ2) is 8.05. The van der Waals surface area contributed by atoms with E-state index in [-0.39, 0.29) is 23.2 Å². The van der Waals surface area contributed by atoms with Crippen LogP contribution in [0.2, 0.25) is 0 Å². The molecular weight excluding hydrogens is 381 g/mol. The van der Waals surface area contributed by atoms with Crippen molar-refractivity contribution >= 4 is 5.91 Å². The summed E-state index contributed by atoms with van der Waals surface area (Å²) < 4.78 is 17.6. The Hall–Kier alpha value is -2.96. The van der Waals surface area contributed by atoms with Crippen molar-refractivity contribution in [3.05, 3.63) is 65.8 Å². The fraction of sp³-hybridized carbons (Fsp3) is 0.435. The molecule has 0 saturated carbocycles. The SMILES string of the molecule is CCc1nccn1CCC(=O)N[C@H]1CC(C)(C)Cc2c1cnn2-c1cccc(F)c1. The van der Waals surface area contributed by atoms with Gasteiger partial charge in [0.1, 0.15) is 11.6 Å². The van der Waals surface area contributed by atoms with Crippen LogP contribution in [0, 0.1) is 11.2 Å². The zero-order valence-electron chi connectivity index (χ0n) is 17.7. The Morgan fingerprint density at radius 3 is 2.97 bits per heavy atom. The number of fused-ring (bicyclic) bond motifs is 1. The molecule has 6 nitrogen and oxygen atoms in total. The van der Waals surface area contributed by atoms with Crippen molar-refractivity contribution in [1.82, 2.24) is 24.6 Å². The predicted octanol–water partition coefficient (Wildman–Crippen LogP) is 3.99. The van der Waals surface area contributed by atoms with E-state index in [4.69, 9.17) is 0 Å². The molecule has 30 heavy (non-hydrogen) atoms. The molecule has 3 aromatic rings. The van der Waals surface area contributed by atoms with Gasteiger partial charge in [-0.15, -0.1) is 0 Å². The smallest absolute Gasteiger partial charge is 0.222 e. The first-order chi connectivity index (χ1) is 14.4. The molecule has 1 aromatic carbocycles. The molecule has 0 bridgehead atoms. The first kappa shape index (κ1) is 20.3. The third-order valence-corrected chi connectivity index (χ3v) is 5.76. The molecule has 1 aliphatic carbocycles. The zero-order valence-corrected chi connectivity index (χ0v) is 17.7. The number of nitrogens with one attached hydrogen (secondary N) is 1. The molecule has 1 N–H and O–H groups in total. The number of aryl methyl sites for hydroxylation is 2. The fourth-order valence-electron chi connectivity index (χ4n) is 4.35. The van der Waals surface area contributed by atoms with Crippen molar-refractivity contribution in [3.63, 3.8) is 0 Å². The van der Waals surface area contributed by atoms with Crippen LogP contribution in [0.5, 0.6) is 0 Å². The summed E-state index contributed by atoms with van der Waals surface area (Å²) in [5, 5.41) is 7.73. The van der Waals surface area contributed by atoms with Gasteiger partial charge in [0.2, 0.25) is 5.91 Å². The second-order valence-corrected chi connectivity index (χ2v) is 8.74. The number of carbonyl (C=O) groups excluding carboxylic acids is 1. The third-order valence-electron chi connectivity index (χ3n) is 5.76. The molecule has 1 atom stereocenters. The van der Waals surface area contributed by atoms with Crippen molar-refractivity contribution in [2.24, 2.45) is 5.41 Å². The highest BCUT2D eigenvalue weighted by Gasteiger charge is 2.36. The summed E-state index contributed by atoms with van der Waals surface area (Å²) in [4.78, 5) is 17.0. The number of hydrogen-bond donors (Lipinski definition) is 1. The minimum Gasteiger partial charge on any atom is -0.349 e. The lowest BCUT2D eigenvalue weighted by atomic mass is 9.74. The summed E-state index contributed by atoms with van der Waals surface area (Å²) in [6.07, 6.45) is 8.39. The maximum absolute atomic E-state index is 13.7. The number of imidazole rings is 1. The van der Waals surface area contributed by atoms with E-state index in [1.54, 1.807) is 16.9 Å². The normalized spacial score (nSPS) is 17.5. The van der Waals surface area contributed by atoms with Crippen LogP contribution in [0.1, 0.15) is 56.7 Å². The number of benzene rings is 1. The van der Waals surface area contributed by atoms with Crippen LogP contribution in [-0.4, -0.2) is 25.2 Å². The van der Waals surface area contributed by atoms with Crippen molar-refractivity contribution in [1.29, 1.82) is 0 Å². The van der Waals surface area contributed by atoms with Gasteiger partial charge in [0.15, 0.2) is 0 Å². The first-order valence-corrected chi connectivity index (χ1v) is 10.5. The highest BCUT2D eigenvalue weighted by Crippen LogP contribution is 2.41. The van der Waals surface area contributed by atoms with Crippen LogP contribution in [0.4, 0.5) is 4.39 Å². The van der Waals surface area contributed by atoms with Gasteiger partial charge in [0, 0.05) is 37.3 Å². The average Bonchev–Trinajstić information content (AvgIpc) is 3.32. The van der Waals surface area contributed by atoms with E-state index in [2.05, 4.69) is 36.2 Å². The van der Waals surface area contributed by atoms with E-state index in [0.29, 0.717) is 18.7 Å². The lowest BCUT2D eigenvalue weighted by Crippen LogP contribution is -2.37. The van der Waals surface area contributed by atoms with Crippen LogP contribution < -0.4 is 5.32 Å². The van der Waals surface area contributed by atoms with Gasteiger partial charge in [-0.3, -0.25) is 4.79 Å². The average molecular weight is 410 g/mol. The highest BCUT2D eigenvalue weighted by molar-refractivity contribution is 5.76. The van der Waals surface area contributed by atoms with E-state index in [1.165, 1.54) is 12.1 Å². The maximum Gasteiger partial charge on any atom is 0.222 e. The molecule has 0 saturated heterocycles. The van der Waals surface area contributed by atoms with Crippen molar-refractivity contribution < 1.29 is 9.18 Å². The van der Waals surface area contributed by atoms with Crippen molar-refractivity contribution in [2.45, 2.75) is 59.0 Å². The van der Waals surface area contributed by atoms with E-state index < -0.39 is 0 Å². The predicted molar refractivity (Wildman–Crippen MR) is 113 cm³/mol. The van der Waals surface area contributed by atoms with Crippen LogP contribution in [-0.2, 0) is 24.2 Å². The molecule has 2 aromatic heterocycles.